The number of benzene rings is 1. The molecule has 4 N–H and O–H groups in total. The van der Waals surface area contributed by atoms with Gasteiger partial charge < -0.3 is 36.2 Å². The Hall–Kier alpha value is -1.96. The fourth-order valence-corrected chi connectivity index (χ4v) is 6.22. The van der Waals surface area contributed by atoms with Crippen LogP contribution in [0.2, 0.25) is 0 Å². The first-order chi connectivity index (χ1) is 18.5. The van der Waals surface area contributed by atoms with E-state index in [0.29, 0.717) is 27.7 Å². The molecule has 1 aromatic carbocycles. The van der Waals surface area contributed by atoms with E-state index < -0.39 is 53.5 Å². The zero-order chi connectivity index (χ0) is 28.3. The van der Waals surface area contributed by atoms with Crippen molar-refractivity contribution in [3.8, 4) is 0 Å². The van der Waals surface area contributed by atoms with E-state index in [0.717, 1.165) is 4.90 Å². The molecule has 0 aliphatic carbocycles. The van der Waals surface area contributed by atoms with E-state index in [4.69, 9.17) is 5.73 Å². The summed E-state index contributed by atoms with van der Waals surface area (Å²) in [6.45, 7) is 0. The fraction of sp³-hybridized carbons (Fsp3) is 0.364. The number of carbonyl (C=O) groups excluding carboxylic acids is 5. The number of aryl methyl sites for hydroxylation is 1. The van der Waals surface area contributed by atoms with Crippen LogP contribution in [0.15, 0.2) is 40.7 Å². The first-order valence-corrected chi connectivity index (χ1v) is 13.5. The first kappa shape index (κ1) is 35.2. The third-order valence-electron chi connectivity index (χ3n) is 5.82. The normalized spacial score (nSPS) is 18.2. The molecule has 2 aromatic rings. The van der Waals surface area contributed by atoms with Gasteiger partial charge in [0, 0.05) is 30.7 Å². The number of carboxylic acids is 2. The van der Waals surface area contributed by atoms with Crippen molar-refractivity contribution in [3.05, 3.63) is 41.1 Å². The summed E-state index contributed by atoms with van der Waals surface area (Å²) < 4.78 is 1.45. The number of anilines is 1. The number of carbonyl (C=O) groups is 5. The second-order valence-corrected chi connectivity index (χ2v) is 10.7. The predicted molar refractivity (Wildman–Crippen MR) is 133 cm³/mol. The number of nitrogens with two attached hydrogens (primary N) is 1. The number of nitrogens with one attached hydrogen (secondary N) is 2. The molecule has 19 heteroatoms. The summed E-state index contributed by atoms with van der Waals surface area (Å²) >= 11 is 2.57. The van der Waals surface area contributed by atoms with Crippen LogP contribution in [0.1, 0.15) is 12.0 Å². The van der Waals surface area contributed by atoms with Crippen molar-refractivity contribution in [1.82, 2.24) is 30.4 Å². The fourth-order valence-electron chi connectivity index (χ4n) is 3.89. The van der Waals surface area contributed by atoms with Gasteiger partial charge in [-0.1, -0.05) is 23.9 Å². The van der Waals surface area contributed by atoms with Crippen LogP contribution in [-0.2, 0) is 37.4 Å². The Morgan fingerprint density at radius 2 is 1.85 bits per heavy atom. The van der Waals surface area contributed by atoms with Gasteiger partial charge in [-0.05, 0) is 33.7 Å². The number of tetrazole rings is 1. The van der Waals surface area contributed by atoms with Gasteiger partial charge in [0.05, 0.1) is 30.1 Å². The number of hydrogen-bond donors (Lipinski definition) is 3. The third-order valence-corrected chi connectivity index (χ3v) is 8.26. The van der Waals surface area contributed by atoms with Crippen LogP contribution in [0.4, 0.5) is 5.69 Å². The topological polar surface area (TPSA) is 228 Å². The van der Waals surface area contributed by atoms with E-state index in [1.807, 2.05) is 0 Å². The molecule has 3 amide bonds. The van der Waals surface area contributed by atoms with E-state index in [1.54, 1.807) is 19.2 Å². The molecule has 4 rings (SSSR count). The van der Waals surface area contributed by atoms with Gasteiger partial charge in [-0.15, -0.1) is 16.9 Å². The number of β-lactam (4-membered cyclic amide) rings is 1. The van der Waals surface area contributed by atoms with Gasteiger partial charge in [0.15, 0.2) is 0 Å². The molecule has 0 bridgehead atoms. The van der Waals surface area contributed by atoms with Crippen LogP contribution in [0, 0.1) is 0 Å². The molecule has 0 unspecified atom stereocenters. The SMILES string of the molecule is Cn1nnnc1SCC1=C(C(=O)[O-])N2C(=O)[C@@H](NC(=O)Cc3ccc(NC(=O)C[C@@H](N)C(=O)[O-])cc3)[C@@H]2SC1.[Na+].[Na+]. The number of aliphatic carboxylic acids is 2. The minimum atomic E-state index is -1.53. The molecule has 1 aromatic heterocycles. The van der Waals surface area contributed by atoms with Crippen LogP contribution in [0.5, 0.6) is 0 Å². The smallest absolute Gasteiger partial charge is 0.548 e. The third kappa shape index (κ3) is 8.55. The minimum Gasteiger partial charge on any atom is -0.548 e. The van der Waals surface area contributed by atoms with Crippen molar-refractivity contribution in [1.29, 1.82) is 0 Å². The number of amides is 3. The van der Waals surface area contributed by atoms with Crippen molar-refractivity contribution in [2.45, 2.75) is 35.5 Å². The van der Waals surface area contributed by atoms with Gasteiger partial charge in [-0.25, -0.2) is 4.68 Å². The number of thioether (sulfide) groups is 2. The number of fused-ring (bicyclic) bond motifs is 1. The predicted octanol–water partition coefficient (Wildman–Crippen LogP) is -9.64. The van der Waals surface area contributed by atoms with Crippen molar-refractivity contribution in [3.63, 3.8) is 0 Å². The van der Waals surface area contributed by atoms with Crippen LogP contribution >= 0.6 is 23.5 Å². The van der Waals surface area contributed by atoms with Gasteiger partial charge in [0.25, 0.3) is 5.91 Å². The van der Waals surface area contributed by atoms with E-state index in [1.165, 1.54) is 40.3 Å². The molecule has 1 saturated heterocycles. The van der Waals surface area contributed by atoms with Crippen LogP contribution < -0.4 is 85.7 Å². The molecule has 3 atom stereocenters. The van der Waals surface area contributed by atoms with Crippen molar-refractivity contribution in [2.75, 3.05) is 16.8 Å². The molecule has 206 valence electrons. The Morgan fingerprint density at radius 1 is 1.17 bits per heavy atom. The van der Waals surface area contributed by atoms with Gasteiger partial charge in [-0.3, -0.25) is 19.3 Å². The number of rotatable bonds is 11. The summed E-state index contributed by atoms with van der Waals surface area (Å²) in [6.07, 6.45) is -0.520. The minimum absolute atomic E-state index is 0. The number of hydrogen-bond acceptors (Lipinski definition) is 13. The molecule has 15 nitrogen and oxygen atoms in total. The Morgan fingerprint density at radius 3 is 2.44 bits per heavy atom. The van der Waals surface area contributed by atoms with Crippen molar-refractivity contribution >= 4 is 58.9 Å². The van der Waals surface area contributed by atoms with Gasteiger partial charge in [-0.2, -0.15) is 0 Å². The molecule has 0 spiro atoms. The van der Waals surface area contributed by atoms with E-state index in [2.05, 4.69) is 26.2 Å². The molecular weight excluding hydrogens is 598 g/mol. The second kappa shape index (κ2) is 15.5. The summed E-state index contributed by atoms with van der Waals surface area (Å²) in [5.74, 6) is -4.03. The van der Waals surface area contributed by atoms with Crippen LogP contribution in [-0.4, -0.2) is 83.7 Å². The summed E-state index contributed by atoms with van der Waals surface area (Å²) in [4.78, 5) is 61.0. The molecule has 41 heavy (non-hydrogen) atoms. The standard InChI is InChI=1S/C22H24N8O7S2.2Na/c1-29-22(26-27-28-29)39-9-11-8-38-19-16(18(33)30(19)17(11)21(36)37)25-14(31)6-10-2-4-12(5-3-10)24-15(32)7-13(23)20(34)35;;/h2-5,13,16,19H,6-9,23H2,1H3,(H,24,32)(H,25,31)(H,34,35)(H,36,37);;/q;2*+1/p-2/t13-,16-,19+;;/m1../s1. The van der Waals surface area contributed by atoms with Gasteiger partial charge in [0.2, 0.25) is 17.0 Å². The molecule has 0 saturated carbocycles. The molecule has 2 aliphatic heterocycles. The Balaban J connectivity index is 0.00000294. The number of aromatic nitrogens is 4. The number of nitrogens with zero attached hydrogens (tertiary/aromatic N) is 5. The quantitative estimate of drug-likeness (QED) is 0.121. The molecule has 1 fully saturated rings. The summed E-state index contributed by atoms with van der Waals surface area (Å²) in [5, 5.41) is 38.7. The zero-order valence-corrected chi connectivity index (χ0v) is 28.0. The van der Waals surface area contributed by atoms with E-state index in [9.17, 15) is 34.2 Å². The van der Waals surface area contributed by atoms with Crippen LogP contribution in [0.3, 0.4) is 0 Å². The zero-order valence-electron chi connectivity index (χ0n) is 22.4. The van der Waals surface area contributed by atoms with Crippen LogP contribution in [0.25, 0.3) is 0 Å². The van der Waals surface area contributed by atoms with Crippen molar-refractivity contribution in [2.24, 2.45) is 12.8 Å². The molecule has 0 radical (unpaired) electrons. The maximum absolute atomic E-state index is 12.8. The average Bonchev–Trinajstić information content (AvgIpc) is 3.30. The van der Waals surface area contributed by atoms with Crippen molar-refractivity contribution < 1.29 is 93.3 Å². The van der Waals surface area contributed by atoms with E-state index in [-0.39, 0.29) is 77.0 Å². The maximum atomic E-state index is 12.8. The first-order valence-electron chi connectivity index (χ1n) is 11.4. The largest absolute Gasteiger partial charge is 1.00 e. The number of carboxylic acid groups (broad SMARTS) is 2. The Kier molecular flexibility index (Phi) is 13.3. The average molecular weight is 621 g/mol. The van der Waals surface area contributed by atoms with Gasteiger partial charge in [0.1, 0.15) is 11.4 Å². The molecular formula is C22H22N8Na2O7S2. The molecule has 3 heterocycles. The Bertz CT molecular complexity index is 1360. The summed E-state index contributed by atoms with van der Waals surface area (Å²) in [6, 6.07) is 3.93. The summed E-state index contributed by atoms with van der Waals surface area (Å²) in [5.41, 5.74) is 6.55. The monoisotopic (exact) mass is 620 g/mol. The van der Waals surface area contributed by atoms with E-state index >= 15 is 0 Å². The van der Waals surface area contributed by atoms with Gasteiger partial charge >= 0.3 is 59.1 Å². The maximum Gasteiger partial charge on any atom is 1.00 e. The molecule has 2 aliphatic rings. The Labute approximate surface area is 286 Å². The second-order valence-electron chi connectivity index (χ2n) is 8.62. The summed E-state index contributed by atoms with van der Waals surface area (Å²) in [7, 11) is 1.65.